The number of nitrogens with zero attached hydrogens (tertiary/aromatic N) is 3. The lowest BCUT2D eigenvalue weighted by Crippen LogP contribution is -2.64. The summed E-state index contributed by atoms with van der Waals surface area (Å²) in [5.41, 5.74) is 3.28. The summed E-state index contributed by atoms with van der Waals surface area (Å²) in [6, 6.07) is 15.5. The molecule has 0 radical (unpaired) electrons. The number of hydrogen-bond donors (Lipinski definition) is 0. The zero-order chi connectivity index (χ0) is 18.6. The van der Waals surface area contributed by atoms with E-state index in [2.05, 4.69) is 28.2 Å². The van der Waals surface area contributed by atoms with Crippen LogP contribution in [0.4, 0.5) is 11.4 Å². The lowest BCUT2D eigenvalue weighted by Gasteiger charge is -2.50. The Balaban J connectivity index is 1.62. The zero-order valence-corrected chi connectivity index (χ0v) is 15.8. The number of benzene rings is 2. The van der Waals surface area contributed by atoms with Crippen molar-refractivity contribution in [3.63, 3.8) is 0 Å². The molecule has 3 aliphatic heterocycles. The molecule has 138 valence electrons. The summed E-state index contributed by atoms with van der Waals surface area (Å²) < 4.78 is 5.81. The highest BCUT2D eigenvalue weighted by Gasteiger charge is 2.59. The molecule has 5 nitrogen and oxygen atoms in total. The second-order valence-electron chi connectivity index (χ2n) is 7.34. The number of carbonyl (C=O) groups excluding carboxylic acids is 1. The standard InChI is InChI=1S/C21H20ClN3O2/c1-14-21(20(26)25(23-14)17-8-6-16(22)7-9-17)12-15-4-2-3-5-18(15)24-10-11-27-13-19(21)24/h2-9,19H,10-13H2,1H3/t19-,21+/m1/s1. The summed E-state index contributed by atoms with van der Waals surface area (Å²) in [6.07, 6.45) is 0.645. The van der Waals surface area contributed by atoms with Crippen molar-refractivity contribution in [2.24, 2.45) is 10.5 Å². The molecule has 1 fully saturated rings. The third-order valence-corrected chi connectivity index (χ3v) is 6.26. The summed E-state index contributed by atoms with van der Waals surface area (Å²) in [4.78, 5) is 16.1. The van der Waals surface area contributed by atoms with Crippen LogP contribution < -0.4 is 9.91 Å². The third-order valence-electron chi connectivity index (χ3n) is 6.01. The largest absolute Gasteiger partial charge is 0.377 e. The van der Waals surface area contributed by atoms with Gasteiger partial charge in [-0.1, -0.05) is 29.8 Å². The van der Waals surface area contributed by atoms with Crippen molar-refractivity contribution in [3.05, 3.63) is 59.1 Å². The van der Waals surface area contributed by atoms with Gasteiger partial charge in [-0.2, -0.15) is 10.1 Å². The molecule has 0 aliphatic carbocycles. The number of ether oxygens (including phenoxy) is 1. The highest BCUT2D eigenvalue weighted by atomic mass is 35.5. The maximum atomic E-state index is 13.7. The lowest BCUT2D eigenvalue weighted by atomic mass is 9.68. The monoisotopic (exact) mass is 381 g/mol. The van der Waals surface area contributed by atoms with Crippen molar-refractivity contribution < 1.29 is 9.53 Å². The SMILES string of the molecule is CC1=NN(c2ccc(Cl)cc2)C(=O)[C@@]12Cc1ccccc1N1CCOC[C@@H]12. The number of anilines is 2. The highest BCUT2D eigenvalue weighted by Crippen LogP contribution is 2.47. The Morgan fingerprint density at radius 3 is 2.78 bits per heavy atom. The Hall–Kier alpha value is -2.37. The molecular weight excluding hydrogens is 362 g/mol. The smallest absolute Gasteiger partial charge is 0.261 e. The van der Waals surface area contributed by atoms with E-state index >= 15 is 0 Å². The van der Waals surface area contributed by atoms with Crippen LogP contribution in [0.15, 0.2) is 53.6 Å². The van der Waals surface area contributed by atoms with Gasteiger partial charge in [0.25, 0.3) is 5.91 Å². The minimum absolute atomic E-state index is 0.0114. The number of carbonyl (C=O) groups is 1. The van der Waals surface area contributed by atoms with Crippen LogP contribution >= 0.6 is 11.6 Å². The molecule has 2 aromatic carbocycles. The van der Waals surface area contributed by atoms with E-state index in [9.17, 15) is 4.79 Å². The van der Waals surface area contributed by atoms with Gasteiger partial charge in [0.1, 0.15) is 5.41 Å². The molecule has 2 aromatic rings. The fourth-order valence-corrected chi connectivity index (χ4v) is 4.76. The minimum Gasteiger partial charge on any atom is -0.377 e. The first-order valence-corrected chi connectivity index (χ1v) is 9.57. The first-order valence-electron chi connectivity index (χ1n) is 9.19. The van der Waals surface area contributed by atoms with E-state index in [1.54, 1.807) is 12.1 Å². The molecule has 0 N–H and O–H groups in total. The van der Waals surface area contributed by atoms with E-state index in [0.29, 0.717) is 24.7 Å². The first-order chi connectivity index (χ1) is 13.1. The normalized spacial score (nSPS) is 26.8. The van der Waals surface area contributed by atoms with Crippen LogP contribution in [0, 0.1) is 5.41 Å². The van der Waals surface area contributed by atoms with Gasteiger partial charge in [0.05, 0.1) is 30.7 Å². The highest BCUT2D eigenvalue weighted by molar-refractivity contribution is 6.30. The quantitative estimate of drug-likeness (QED) is 0.759. The van der Waals surface area contributed by atoms with E-state index in [1.165, 1.54) is 16.3 Å². The van der Waals surface area contributed by atoms with Gasteiger partial charge in [-0.3, -0.25) is 4.79 Å². The second-order valence-corrected chi connectivity index (χ2v) is 7.78. The van der Waals surface area contributed by atoms with E-state index in [4.69, 9.17) is 16.3 Å². The van der Waals surface area contributed by atoms with Crippen molar-refractivity contribution in [1.29, 1.82) is 0 Å². The third kappa shape index (κ3) is 2.35. The van der Waals surface area contributed by atoms with Crippen molar-refractivity contribution in [1.82, 2.24) is 0 Å². The average molecular weight is 382 g/mol. The lowest BCUT2D eigenvalue weighted by molar-refractivity contribution is -0.126. The summed E-state index contributed by atoms with van der Waals surface area (Å²) in [6.45, 7) is 3.95. The maximum Gasteiger partial charge on any atom is 0.261 e. The predicted molar refractivity (Wildman–Crippen MR) is 107 cm³/mol. The number of hydrogen-bond acceptors (Lipinski definition) is 4. The van der Waals surface area contributed by atoms with Gasteiger partial charge in [0, 0.05) is 17.3 Å². The molecule has 0 unspecified atom stereocenters. The van der Waals surface area contributed by atoms with Crippen LogP contribution in [0.5, 0.6) is 0 Å². The molecule has 27 heavy (non-hydrogen) atoms. The second kappa shape index (κ2) is 6.08. The van der Waals surface area contributed by atoms with E-state index in [0.717, 1.165) is 17.9 Å². The average Bonchev–Trinajstić information content (AvgIpc) is 2.94. The van der Waals surface area contributed by atoms with Gasteiger partial charge >= 0.3 is 0 Å². The number of hydrazone groups is 1. The van der Waals surface area contributed by atoms with Crippen LogP contribution in [0.1, 0.15) is 12.5 Å². The molecule has 5 rings (SSSR count). The summed E-state index contributed by atoms with van der Waals surface area (Å²) in [7, 11) is 0. The van der Waals surface area contributed by atoms with E-state index in [-0.39, 0.29) is 11.9 Å². The van der Waals surface area contributed by atoms with Crippen molar-refractivity contribution in [3.8, 4) is 0 Å². The van der Waals surface area contributed by atoms with Crippen molar-refractivity contribution in [2.75, 3.05) is 29.7 Å². The van der Waals surface area contributed by atoms with Gasteiger partial charge in [-0.15, -0.1) is 0 Å². The van der Waals surface area contributed by atoms with Crippen LogP contribution in [-0.4, -0.2) is 37.4 Å². The Morgan fingerprint density at radius 2 is 1.96 bits per heavy atom. The van der Waals surface area contributed by atoms with Crippen LogP contribution in [0.25, 0.3) is 0 Å². The number of morpholine rings is 1. The molecule has 1 spiro atoms. The van der Waals surface area contributed by atoms with Crippen LogP contribution in [0.2, 0.25) is 5.02 Å². The summed E-state index contributed by atoms with van der Waals surface area (Å²) in [5, 5.41) is 6.86. The molecule has 0 aromatic heterocycles. The molecule has 2 atom stereocenters. The van der Waals surface area contributed by atoms with Gasteiger partial charge in [0.15, 0.2) is 0 Å². The number of para-hydroxylation sites is 1. The first kappa shape index (κ1) is 16.8. The molecule has 0 saturated carbocycles. The van der Waals surface area contributed by atoms with Gasteiger partial charge in [0.2, 0.25) is 0 Å². The van der Waals surface area contributed by atoms with Crippen LogP contribution in [-0.2, 0) is 16.0 Å². The van der Waals surface area contributed by atoms with Crippen molar-refractivity contribution in [2.45, 2.75) is 19.4 Å². The van der Waals surface area contributed by atoms with Crippen molar-refractivity contribution >= 4 is 34.6 Å². The number of rotatable bonds is 1. The molecule has 1 saturated heterocycles. The fourth-order valence-electron chi connectivity index (χ4n) is 4.63. The minimum atomic E-state index is -0.700. The van der Waals surface area contributed by atoms with E-state index < -0.39 is 5.41 Å². The Morgan fingerprint density at radius 1 is 1.19 bits per heavy atom. The molecule has 3 aliphatic rings. The van der Waals surface area contributed by atoms with Gasteiger partial charge < -0.3 is 9.64 Å². The Bertz CT molecular complexity index is 943. The van der Waals surface area contributed by atoms with E-state index in [1.807, 2.05) is 25.1 Å². The molecular formula is C21H20ClN3O2. The van der Waals surface area contributed by atoms with Crippen LogP contribution in [0.3, 0.4) is 0 Å². The summed E-state index contributed by atoms with van der Waals surface area (Å²) >= 11 is 6.01. The van der Waals surface area contributed by atoms with Gasteiger partial charge in [-0.05, 0) is 49.2 Å². The topological polar surface area (TPSA) is 45.1 Å². The summed E-state index contributed by atoms with van der Waals surface area (Å²) in [5.74, 6) is 0.0114. The Kier molecular flexibility index (Phi) is 3.78. The Labute approximate surface area is 163 Å². The fraction of sp³-hybridized carbons (Fsp3) is 0.333. The molecule has 1 amide bonds. The molecule has 6 heteroatoms. The zero-order valence-electron chi connectivity index (χ0n) is 15.1. The van der Waals surface area contributed by atoms with Gasteiger partial charge in [-0.25, -0.2) is 0 Å². The maximum absolute atomic E-state index is 13.7. The molecule has 0 bridgehead atoms. The predicted octanol–water partition coefficient (Wildman–Crippen LogP) is 3.51. The number of fused-ring (bicyclic) bond motifs is 4. The number of amides is 1. The molecule has 3 heterocycles. The number of halogens is 1.